The first-order chi connectivity index (χ1) is 16.9. The van der Waals surface area contributed by atoms with E-state index in [0.29, 0.717) is 29.0 Å². The zero-order chi connectivity index (χ0) is 24.7. The topological polar surface area (TPSA) is 117 Å². The smallest absolute Gasteiger partial charge is 0.261 e. The van der Waals surface area contributed by atoms with Crippen molar-refractivity contribution in [3.8, 4) is 0 Å². The molecule has 35 heavy (non-hydrogen) atoms. The third-order valence-corrected chi connectivity index (χ3v) is 6.45. The number of nitrogens with one attached hydrogen (secondary N) is 3. The fraction of sp³-hybridized carbons (Fsp3) is 0.0385. The highest BCUT2D eigenvalue weighted by Gasteiger charge is 2.16. The predicted octanol–water partition coefficient (Wildman–Crippen LogP) is 4.06. The molecule has 0 atom stereocenters. The Morgan fingerprint density at radius 2 is 1.49 bits per heavy atom. The molecule has 1 aromatic heterocycles. The van der Waals surface area contributed by atoms with Gasteiger partial charge in [0.15, 0.2) is 0 Å². The van der Waals surface area contributed by atoms with Gasteiger partial charge in [0.1, 0.15) is 0 Å². The summed E-state index contributed by atoms with van der Waals surface area (Å²) in [7, 11) is -3.73. The molecule has 0 aliphatic heterocycles. The van der Waals surface area contributed by atoms with Gasteiger partial charge < -0.3 is 10.6 Å². The zero-order valence-electron chi connectivity index (χ0n) is 18.5. The van der Waals surface area contributed by atoms with Crippen molar-refractivity contribution in [3.63, 3.8) is 0 Å². The van der Waals surface area contributed by atoms with E-state index in [1.807, 2.05) is 6.07 Å². The van der Waals surface area contributed by atoms with Gasteiger partial charge in [-0.05, 0) is 60.2 Å². The van der Waals surface area contributed by atoms with Crippen LogP contribution in [0.3, 0.4) is 0 Å². The molecule has 9 heteroatoms. The summed E-state index contributed by atoms with van der Waals surface area (Å²) in [6.45, 7) is 0.301. The third kappa shape index (κ3) is 6.10. The van der Waals surface area contributed by atoms with Crippen molar-refractivity contribution in [2.45, 2.75) is 11.4 Å². The lowest BCUT2D eigenvalue weighted by Gasteiger charge is -2.12. The third-order valence-electron chi connectivity index (χ3n) is 5.05. The number of benzene rings is 3. The van der Waals surface area contributed by atoms with Crippen molar-refractivity contribution in [1.29, 1.82) is 0 Å². The number of amides is 2. The molecule has 4 rings (SSSR count). The minimum absolute atomic E-state index is 0.139. The van der Waals surface area contributed by atoms with E-state index in [0.717, 1.165) is 5.56 Å². The molecule has 2 amide bonds. The van der Waals surface area contributed by atoms with Crippen LogP contribution in [0.1, 0.15) is 26.3 Å². The molecule has 0 aliphatic rings. The maximum Gasteiger partial charge on any atom is 0.261 e. The van der Waals surface area contributed by atoms with Crippen molar-refractivity contribution in [2.24, 2.45) is 0 Å². The number of para-hydroxylation sites is 1. The van der Waals surface area contributed by atoms with E-state index in [9.17, 15) is 18.0 Å². The highest BCUT2D eigenvalue weighted by atomic mass is 32.2. The molecular weight excluding hydrogens is 464 g/mol. The van der Waals surface area contributed by atoms with Gasteiger partial charge in [-0.25, -0.2) is 8.42 Å². The molecule has 4 aromatic rings. The lowest BCUT2D eigenvalue weighted by atomic mass is 10.1. The van der Waals surface area contributed by atoms with Crippen LogP contribution < -0.4 is 15.4 Å². The molecule has 1 heterocycles. The standard InChI is InChI=1S/C26H22N4O4S/c31-25(20-12-14-21(15-13-20)30-35(33,34)22-8-2-1-3-9-22)29-24-11-5-4-10-23(24)26(32)28-18-19-7-6-16-27-17-19/h1-17,30H,18H2,(H,28,32)(H,29,31). The average Bonchev–Trinajstić information content (AvgIpc) is 2.89. The van der Waals surface area contributed by atoms with Crippen LogP contribution in [0, 0.1) is 0 Å². The Balaban J connectivity index is 1.42. The largest absolute Gasteiger partial charge is 0.348 e. The number of nitrogens with zero attached hydrogens (tertiary/aromatic N) is 1. The van der Waals surface area contributed by atoms with Crippen LogP contribution in [0.25, 0.3) is 0 Å². The van der Waals surface area contributed by atoms with E-state index < -0.39 is 15.9 Å². The lowest BCUT2D eigenvalue weighted by molar-refractivity contribution is 0.0951. The molecule has 0 spiro atoms. The predicted molar refractivity (Wildman–Crippen MR) is 133 cm³/mol. The summed E-state index contributed by atoms with van der Waals surface area (Å²) >= 11 is 0. The molecule has 3 N–H and O–H groups in total. The highest BCUT2D eigenvalue weighted by Crippen LogP contribution is 2.19. The SMILES string of the molecule is O=C(Nc1ccccc1C(=O)NCc1cccnc1)c1ccc(NS(=O)(=O)c2ccccc2)cc1. The first-order valence-electron chi connectivity index (χ1n) is 10.7. The first kappa shape index (κ1) is 23.7. The summed E-state index contributed by atoms with van der Waals surface area (Å²) in [6, 6.07) is 24.3. The molecule has 0 saturated carbocycles. The molecule has 0 fully saturated rings. The molecule has 176 valence electrons. The lowest BCUT2D eigenvalue weighted by Crippen LogP contribution is -2.25. The van der Waals surface area contributed by atoms with Crippen molar-refractivity contribution >= 4 is 33.2 Å². The van der Waals surface area contributed by atoms with E-state index >= 15 is 0 Å². The fourth-order valence-electron chi connectivity index (χ4n) is 3.27. The van der Waals surface area contributed by atoms with Crippen LogP contribution >= 0.6 is 0 Å². The van der Waals surface area contributed by atoms with E-state index in [-0.39, 0.29) is 10.8 Å². The quantitative estimate of drug-likeness (QED) is 0.347. The van der Waals surface area contributed by atoms with Crippen molar-refractivity contribution < 1.29 is 18.0 Å². The van der Waals surface area contributed by atoms with Crippen LogP contribution in [0.15, 0.2) is 108 Å². The van der Waals surface area contributed by atoms with Crippen LogP contribution in [0.2, 0.25) is 0 Å². The van der Waals surface area contributed by atoms with E-state index in [4.69, 9.17) is 0 Å². The van der Waals surface area contributed by atoms with Gasteiger partial charge in [-0.1, -0.05) is 36.4 Å². The fourth-order valence-corrected chi connectivity index (χ4v) is 4.35. The van der Waals surface area contributed by atoms with Crippen LogP contribution in [-0.2, 0) is 16.6 Å². The Labute approximate surface area is 203 Å². The maximum atomic E-state index is 12.8. The number of sulfonamides is 1. The molecule has 8 nitrogen and oxygen atoms in total. The number of pyridine rings is 1. The summed E-state index contributed by atoms with van der Waals surface area (Å²) in [5.74, 6) is -0.773. The minimum atomic E-state index is -3.73. The van der Waals surface area contributed by atoms with Crippen LogP contribution in [-0.4, -0.2) is 25.2 Å². The maximum absolute atomic E-state index is 12.8. The van der Waals surface area contributed by atoms with Gasteiger partial charge in [-0.15, -0.1) is 0 Å². The summed E-state index contributed by atoms with van der Waals surface area (Å²) < 4.78 is 27.4. The van der Waals surface area contributed by atoms with E-state index in [1.54, 1.807) is 60.9 Å². The molecule has 0 unspecified atom stereocenters. The van der Waals surface area contributed by atoms with Gasteiger partial charge in [0.05, 0.1) is 16.1 Å². The van der Waals surface area contributed by atoms with Gasteiger partial charge in [0.25, 0.3) is 21.8 Å². The number of hydrogen-bond donors (Lipinski definition) is 3. The number of rotatable bonds is 8. The number of carbonyl (C=O) groups excluding carboxylic acids is 2. The van der Waals surface area contributed by atoms with Crippen molar-refractivity contribution in [1.82, 2.24) is 10.3 Å². The number of carbonyl (C=O) groups is 2. The molecule has 0 saturated heterocycles. The number of anilines is 2. The Morgan fingerprint density at radius 3 is 2.20 bits per heavy atom. The van der Waals surface area contributed by atoms with Gasteiger partial charge in [-0.3, -0.25) is 19.3 Å². The summed E-state index contributed by atoms with van der Waals surface area (Å²) in [6.07, 6.45) is 3.32. The van der Waals surface area contributed by atoms with Gasteiger partial charge >= 0.3 is 0 Å². The van der Waals surface area contributed by atoms with Crippen molar-refractivity contribution in [3.05, 3.63) is 120 Å². The second-order valence-electron chi connectivity index (χ2n) is 7.54. The van der Waals surface area contributed by atoms with Crippen LogP contribution in [0.4, 0.5) is 11.4 Å². The Bertz CT molecular complexity index is 1430. The Kier molecular flexibility index (Phi) is 7.18. The second kappa shape index (κ2) is 10.6. The summed E-state index contributed by atoms with van der Waals surface area (Å²) in [4.78, 5) is 29.7. The highest BCUT2D eigenvalue weighted by molar-refractivity contribution is 7.92. The van der Waals surface area contributed by atoms with Gasteiger partial charge in [0.2, 0.25) is 0 Å². The molecule has 0 radical (unpaired) electrons. The van der Waals surface area contributed by atoms with E-state index in [2.05, 4.69) is 20.3 Å². The van der Waals surface area contributed by atoms with E-state index in [1.165, 1.54) is 36.4 Å². The summed E-state index contributed by atoms with van der Waals surface area (Å²) in [5.41, 5.74) is 2.15. The second-order valence-corrected chi connectivity index (χ2v) is 9.22. The molecule has 3 aromatic carbocycles. The monoisotopic (exact) mass is 486 g/mol. The van der Waals surface area contributed by atoms with Crippen molar-refractivity contribution in [2.75, 3.05) is 10.0 Å². The zero-order valence-corrected chi connectivity index (χ0v) is 19.3. The van der Waals surface area contributed by atoms with Gasteiger partial charge in [0, 0.05) is 30.2 Å². The first-order valence-corrected chi connectivity index (χ1v) is 12.2. The summed E-state index contributed by atoms with van der Waals surface area (Å²) in [5, 5.41) is 5.56. The van der Waals surface area contributed by atoms with Crippen LogP contribution in [0.5, 0.6) is 0 Å². The Hall–Kier alpha value is -4.50. The normalized spacial score (nSPS) is 10.9. The minimum Gasteiger partial charge on any atom is -0.348 e. The number of hydrogen-bond acceptors (Lipinski definition) is 5. The van der Waals surface area contributed by atoms with Gasteiger partial charge in [-0.2, -0.15) is 0 Å². The number of aromatic nitrogens is 1. The molecular formula is C26H22N4O4S. The molecule has 0 bridgehead atoms. The average molecular weight is 487 g/mol. The Morgan fingerprint density at radius 1 is 0.771 bits per heavy atom. The molecule has 0 aliphatic carbocycles.